The van der Waals surface area contributed by atoms with E-state index >= 15 is 0 Å². The Morgan fingerprint density at radius 1 is 1.47 bits per heavy atom. The molecule has 0 aliphatic rings. The molecule has 0 saturated heterocycles. The molecule has 2 nitrogen and oxygen atoms in total. The van der Waals surface area contributed by atoms with Crippen molar-refractivity contribution < 1.29 is 13.9 Å². The molecular formula is C11H11FO2S. The fourth-order valence-corrected chi connectivity index (χ4v) is 1.52. The SMILES string of the molecule is CCOC(=O)/C(F)=C/Sc1ccccc1. The first kappa shape index (κ1) is 11.8. The summed E-state index contributed by atoms with van der Waals surface area (Å²) in [6.45, 7) is 1.81. The van der Waals surface area contributed by atoms with Crippen molar-refractivity contribution in [3.05, 3.63) is 41.6 Å². The standard InChI is InChI=1S/C11H11FO2S/c1-2-14-11(13)10(12)8-15-9-6-4-3-5-7-9/h3-8H,2H2,1H3/b10-8-. The van der Waals surface area contributed by atoms with Crippen LogP contribution in [0.2, 0.25) is 0 Å². The van der Waals surface area contributed by atoms with E-state index in [9.17, 15) is 9.18 Å². The summed E-state index contributed by atoms with van der Waals surface area (Å²) in [7, 11) is 0. The summed E-state index contributed by atoms with van der Waals surface area (Å²) >= 11 is 1.14. The number of hydrogen-bond donors (Lipinski definition) is 0. The van der Waals surface area contributed by atoms with Gasteiger partial charge in [-0.05, 0) is 19.1 Å². The summed E-state index contributed by atoms with van der Waals surface area (Å²) in [4.78, 5) is 11.8. The molecule has 0 unspecified atom stereocenters. The van der Waals surface area contributed by atoms with E-state index < -0.39 is 11.8 Å². The predicted molar refractivity (Wildman–Crippen MR) is 58.1 cm³/mol. The molecule has 1 rings (SSSR count). The smallest absolute Gasteiger partial charge is 0.367 e. The van der Waals surface area contributed by atoms with Crippen molar-refractivity contribution in [3.8, 4) is 0 Å². The van der Waals surface area contributed by atoms with E-state index in [-0.39, 0.29) is 6.61 Å². The van der Waals surface area contributed by atoms with E-state index in [0.717, 1.165) is 22.1 Å². The Morgan fingerprint density at radius 3 is 2.73 bits per heavy atom. The van der Waals surface area contributed by atoms with Crippen molar-refractivity contribution in [3.63, 3.8) is 0 Å². The van der Waals surface area contributed by atoms with Gasteiger partial charge in [0.2, 0.25) is 5.83 Å². The minimum atomic E-state index is -0.916. The van der Waals surface area contributed by atoms with Crippen LogP contribution in [-0.2, 0) is 9.53 Å². The largest absolute Gasteiger partial charge is 0.461 e. The summed E-state index contributed by atoms with van der Waals surface area (Å²) in [6, 6.07) is 9.23. The highest BCUT2D eigenvalue weighted by Gasteiger charge is 2.08. The van der Waals surface area contributed by atoms with Gasteiger partial charge in [-0.25, -0.2) is 4.79 Å². The van der Waals surface area contributed by atoms with E-state index in [0.29, 0.717) is 0 Å². The highest BCUT2D eigenvalue weighted by Crippen LogP contribution is 2.20. The van der Waals surface area contributed by atoms with Crippen molar-refractivity contribution in [2.24, 2.45) is 0 Å². The van der Waals surface area contributed by atoms with Gasteiger partial charge in [-0.2, -0.15) is 4.39 Å². The van der Waals surface area contributed by atoms with E-state index in [2.05, 4.69) is 4.74 Å². The van der Waals surface area contributed by atoms with Crippen molar-refractivity contribution >= 4 is 17.7 Å². The summed E-state index contributed by atoms with van der Waals surface area (Å²) < 4.78 is 17.5. The molecule has 15 heavy (non-hydrogen) atoms. The summed E-state index contributed by atoms with van der Waals surface area (Å²) in [5.74, 6) is -1.79. The maximum atomic E-state index is 13.0. The van der Waals surface area contributed by atoms with E-state index in [1.807, 2.05) is 30.3 Å². The highest BCUT2D eigenvalue weighted by molar-refractivity contribution is 8.02. The quantitative estimate of drug-likeness (QED) is 0.448. The van der Waals surface area contributed by atoms with Crippen LogP contribution in [0, 0.1) is 0 Å². The fraction of sp³-hybridized carbons (Fsp3) is 0.182. The molecule has 0 heterocycles. The Hall–Kier alpha value is -1.29. The van der Waals surface area contributed by atoms with Gasteiger partial charge in [0.05, 0.1) is 6.61 Å². The molecule has 0 bridgehead atoms. The second-order valence-corrected chi connectivity index (χ2v) is 3.56. The molecule has 1 aromatic rings. The number of halogens is 1. The van der Waals surface area contributed by atoms with Crippen LogP contribution >= 0.6 is 11.8 Å². The first-order valence-electron chi connectivity index (χ1n) is 4.48. The molecule has 4 heteroatoms. The molecule has 1 aromatic carbocycles. The van der Waals surface area contributed by atoms with Crippen LogP contribution in [0.5, 0.6) is 0 Å². The van der Waals surface area contributed by atoms with Crippen LogP contribution in [0.25, 0.3) is 0 Å². The van der Waals surface area contributed by atoms with Crippen molar-refractivity contribution in [1.82, 2.24) is 0 Å². The molecule has 0 atom stereocenters. The van der Waals surface area contributed by atoms with E-state index in [1.165, 1.54) is 0 Å². The lowest BCUT2D eigenvalue weighted by Crippen LogP contribution is -2.03. The van der Waals surface area contributed by atoms with Gasteiger partial charge in [0.1, 0.15) is 0 Å². The maximum absolute atomic E-state index is 13.0. The first-order valence-corrected chi connectivity index (χ1v) is 5.36. The van der Waals surface area contributed by atoms with Crippen molar-refractivity contribution in [2.75, 3.05) is 6.61 Å². The summed E-state index contributed by atoms with van der Waals surface area (Å²) in [5.41, 5.74) is 0. The summed E-state index contributed by atoms with van der Waals surface area (Å²) in [6.07, 6.45) is 0. The topological polar surface area (TPSA) is 26.3 Å². The molecule has 0 aromatic heterocycles. The van der Waals surface area contributed by atoms with Crippen LogP contribution in [0.4, 0.5) is 4.39 Å². The van der Waals surface area contributed by atoms with Crippen LogP contribution in [0.15, 0.2) is 46.5 Å². The number of rotatable bonds is 4. The Balaban J connectivity index is 2.54. The lowest BCUT2D eigenvalue weighted by molar-refractivity contribution is -0.140. The monoisotopic (exact) mass is 226 g/mol. The van der Waals surface area contributed by atoms with Gasteiger partial charge in [-0.3, -0.25) is 0 Å². The third kappa shape index (κ3) is 4.16. The van der Waals surface area contributed by atoms with E-state index in [4.69, 9.17) is 0 Å². The Morgan fingerprint density at radius 2 is 2.13 bits per heavy atom. The van der Waals surface area contributed by atoms with Crippen LogP contribution in [0.3, 0.4) is 0 Å². The zero-order valence-corrected chi connectivity index (χ0v) is 9.09. The lowest BCUT2D eigenvalue weighted by atomic mass is 10.4. The lowest BCUT2D eigenvalue weighted by Gasteiger charge is -1.98. The first-order chi connectivity index (χ1) is 7.24. The minimum absolute atomic E-state index is 0.177. The van der Waals surface area contributed by atoms with Crippen molar-refractivity contribution in [1.29, 1.82) is 0 Å². The molecule has 80 valence electrons. The summed E-state index contributed by atoms with van der Waals surface area (Å²) in [5, 5.41) is 1.15. The number of hydrogen-bond acceptors (Lipinski definition) is 3. The number of carbonyl (C=O) groups excluding carboxylic acids is 1. The molecular weight excluding hydrogens is 215 g/mol. The van der Waals surface area contributed by atoms with Gasteiger partial charge in [0.25, 0.3) is 0 Å². The third-order valence-electron chi connectivity index (χ3n) is 1.51. The number of esters is 1. The molecule has 0 amide bonds. The Bertz CT molecular complexity index is 349. The van der Waals surface area contributed by atoms with Gasteiger partial charge in [0, 0.05) is 10.3 Å². The average molecular weight is 226 g/mol. The molecule has 0 N–H and O–H groups in total. The van der Waals surface area contributed by atoms with Crippen LogP contribution < -0.4 is 0 Å². The third-order valence-corrected chi connectivity index (χ3v) is 2.38. The molecule has 0 spiro atoms. The second kappa shape index (κ2) is 6.24. The maximum Gasteiger partial charge on any atom is 0.367 e. The number of thioether (sulfide) groups is 1. The van der Waals surface area contributed by atoms with Gasteiger partial charge < -0.3 is 4.74 Å². The average Bonchev–Trinajstić information content (AvgIpc) is 2.27. The number of ether oxygens (including phenoxy) is 1. The molecule has 0 fully saturated rings. The van der Waals surface area contributed by atoms with Crippen LogP contribution in [0.1, 0.15) is 6.92 Å². The normalized spacial score (nSPS) is 11.2. The highest BCUT2D eigenvalue weighted by atomic mass is 32.2. The second-order valence-electron chi connectivity index (χ2n) is 2.62. The Labute approximate surface area is 92.1 Å². The molecule has 0 saturated carbocycles. The zero-order valence-electron chi connectivity index (χ0n) is 8.27. The van der Waals surface area contributed by atoms with Crippen molar-refractivity contribution in [2.45, 2.75) is 11.8 Å². The fourth-order valence-electron chi connectivity index (χ4n) is 0.867. The van der Waals surface area contributed by atoms with Gasteiger partial charge in [-0.15, -0.1) is 0 Å². The number of carbonyl (C=O) groups is 1. The van der Waals surface area contributed by atoms with Crippen LogP contribution in [-0.4, -0.2) is 12.6 Å². The molecule has 0 radical (unpaired) electrons. The number of benzene rings is 1. The van der Waals surface area contributed by atoms with Gasteiger partial charge in [-0.1, -0.05) is 30.0 Å². The minimum Gasteiger partial charge on any atom is -0.461 e. The van der Waals surface area contributed by atoms with Gasteiger partial charge in [0.15, 0.2) is 0 Å². The zero-order chi connectivity index (χ0) is 11.1. The van der Waals surface area contributed by atoms with E-state index in [1.54, 1.807) is 6.92 Å². The predicted octanol–water partition coefficient (Wildman–Crippen LogP) is 3.15. The Kier molecular flexibility index (Phi) is 4.90. The van der Waals surface area contributed by atoms with Gasteiger partial charge >= 0.3 is 5.97 Å². The molecule has 0 aliphatic heterocycles. The molecule has 0 aliphatic carbocycles.